The minimum atomic E-state index is -0.486. The minimum Gasteiger partial charge on any atom is -0.497 e. The number of nitrogens with one attached hydrogen (secondary N) is 1. The third-order valence-corrected chi connectivity index (χ3v) is 5.85. The van der Waals surface area contributed by atoms with E-state index in [-0.39, 0.29) is 11.7 Å². The van der Waals surface area contributed by atoms with E-state index < -0.39 is 5.60 Å². The van der Waals surface area contributed by atoms with E-state index in [0.717, 1.165) is 35.3 Å². The summed E-state index contributed by atoms with van der Waals surface area (Å²) < 4.78 is 13.0. The van der Waals surface area contributed by atoms with Crippen molar-refractivity contribution < 1.29 is 14.3 Å². The quantitative estimate of drug-likeness (QED) is 0.472. The van der Waals surface area contributed by atoms with Crippen LogP contribution >= 0.6 is 11.8 Å². The number of thioether (sulfide) groups is 1. The Morgan fingerprint density at radius 2 is 2.00 bits per heavy atom. The van der Waals surface area contributed by atoms with Crippen molar-refractivity contribution in [1.29, 1.82) is 0 Å². The van der Waals surface area contributed by atoms with Crippen LogP contribution in [0.15, 0.2) is 29.4 Å². The van der Waals surface area contributed by atoms with E-state index in [4.69, 9.17) is 9.47 Å². The second kappa shape index (κ2) is 10.2. The molecule has 1 aromatic carbocycles. The second-order valence-corrected chi connectivity index (χ2v) is 9.46. The van der Waals surface area contributed by atoms with Gasteiger partial charge in [-0.2, -0.15) is 0 Å². The van der Waals surface area contributed by atoms with Gasteiger partial charge in [-0.05, 0) is 45.7 Å². The number of methoxy groups -OCH3 is 1. The Balaban J connectivity index is 1.73. The van der Waals surface area contributed by atoms with Gasteiger partial charge in [0.05, 0.1) is 19.4 Å². The van der Waals surface area contributed by atoms with E-state index in [2.05, 4.69) is 20.1 Å². The van der Waals surface area contributed by atoms with Crippen molar-refractivity contribution in [2.75, 3.05) is 18.2 Å². The number of hydrogen-bond acceptors (Lipinski definition) is 7. The molecule has 0 saturated heterocycles. The molecule has 1 fully saturated rings. The molecule has 164 valence electrons. The number of ether oxygens (including phenoxy) is 2. The highest BCUT2D eigenvalue weighted by atomic mass is 32.2. The van der Waals surface area contributed by atoms with Gasteiger partial charge in [0, 0.05) is 17.8 Å². The minimum absolute atomic E-state index is 0.228. The number of hydrogen-bond donors (Lipinski definition) is 1. The van der Waals surface area contributed by atoms with Gasteiger partial charge in [-0.25, -0.2) is 0 Å². The first-order valence-electron chi connectivity index (χ1n) is 10.5. The number of carbonyl (C=O) groups is 1. The van der Waals surface area contributed by atoms with Crippen LogP contribution in [0.5, 0.6) is 5.75 Å². The third-order valence-electron chi connectivity index (χ3n) is 4.93. The molecule has 1 aliphatic rings. The van der Waals surface area contributed by atoms with E-state index in [1.807, 2.05) is 45.0 Å². The maximum Gasteiger partial charge on any atom is 0.316 e. The van der Waals surface area contributed by atoms with Gasteiger partial charge >= 0.3 is 5.97 Å². The van der Waals surface area contributed by atoms with E-state index in [1.54, 1.807) is 7.11 Å². The lowest BCUT2D eigenvalue weighted by atomic mass is 9.95. The number of carbonyl (C=O) groups excluding carboxylic acids is 1. The standard InChI is InChI=1S/C22H32N4O3S/c1-22(2,3)29-20(27)15-30-21-25-24-19(26(21)17-10-6-5-7-11-17)14-23-16-9-8-12-18(13-16)28-4/h8-9,12-13,17,23H,5-7,10-11,14-15H2,1-4H3. The normalized spacial score (nSPS) is 15.1. The van der Waals surface area contributed by atoms with Crippen LogP contribution in [0.2, 0.25) is 0 Å². The molecule has 7 nitrogen and oxygen atoms in total. The molecule has 1 N–H and O–H groups in total. The molecule has 0 spiro atoms. The summed E-state index contributed by atoms with van der Waals surface area (Å²) in [5, 5.41) is 13.1. The zero-order valence-electron chi connectivity index (χ0n) is 18.3. The zero-order valence-corrected chi connectivity index (χ0v) is 19.1. The summed E-state index contributed by atoms with van der Waals surface area (Å²) in [7, 11) is 1.66. The molecule has 1 saturated carbocycles. The summed E-state index contributed by atoms with van der Waals surface area (Å²) in [5.74, 6) is 1.69. The summed E-state index contributed by atoms with van der Waals surface area (Å²) in [5.41, 5.74) is 0.482. The molecule has 30 heavy (non-hydrogen) atoms. The lowest BCUT2D eigenvalue weighted by Crippen LogP contribution is -2.25. The van der Waals surface area contributed by atoms with Gasteiger partial charge in [-0.3, -0.25) is 4.79 Å². The Labute approximate surface area is 182 Å². The highest BCUT2D eigenvalue weighted by molar-refractivity contribution is 7.99. The predicted molar refractivity (Wildman–Crippen MR) is 119 cm³/mol. The van der Waals surface area contributed by atoms with Crippen LogP contribution in [0, 0.1) is 0 Å². The number of anilines is 1. The summed E-state index contributed by atoms with van der Waals surface area (Å²) in [6.07, 6.45) is 5.92. The molecular weight excluding hydrogens is 400 g/mol. The van der Waals surface area contributed by atoms with Gasteiger partial charge in [-0.15, -0.1) is 10.2 Å². The molecule has 1 aliphatic carbocycles. The van der Waals surface area contributed by atoms with Crippen molar-refractivity contribution in [2.24, 2.45) is 0 Å². The maximum atomic E-state index is 12.2. The van der Waals surface area contributed by atoms with Crippen LogP contribution in [-0.4, -0.2) is 39.2 Å². The van der Waals surface area contributed by atoms with Crippen molar-refractivity contribution in [3.63, 3.8) is 0 Å². The maximum absolute atomic E-state index is 12.2. The lowest BCUT2D eigenvalue weighted by Gasteiger charge is -2.26. The lowest BCUT2D eigenvalue weighted by molar-refractivity contribution is -0.151. The highest BCUT2D eigenvalue weighted by Crippen LogP contribution is 2.33. The van der Waals surface area contributed by atoms with Gasteiger partial charge in [0.1, 0.15) is 11.4 Å². The van der Waals surface area contributed by atoms with Crippen LogP contribution < -0.4 is 10.1 Å². The Kier molecular flexibility index (Phi) is 7.64. The molecule has 0 amide bonds. The first-order valence-corrected chi connectivity index (χ1v) is 11.5. The smallest absolute Gasteiger partial charge is 0.316 e. The SMILES string of the molecule is COc1cccc(NCc2nnc(SCC(=O)OC(C)(C)C)n2C2CCCCC2)c1. The summed E-state index contributed by atoms with van der Waals surface area (Å²) in [6.45, 7) is 6.19. The molecule has 2 aromatic rings. The number of aromatic nitrogens is 3. The van der Waals surface area contributed by atoms with Crippen molar-refractivity contribution in [3.05, 3.63) is 30.1 Å². The highest BCUT2D eigenvalue weighted by Gasteiger charge is 2.24. The first-order chi connectivity index (χ1) is 14.4. The number of esters is 1. The molecule has 0 radical (unpaired) electrons. The van der Waals surface area contributed by atoms with Gasteiger partial charge in [0.25, 0.3) is 0 Å². The summed E-state index contributed by atoms with van der Waals surface area (Å²) in [6, 6.07) is 8.20. The fourth-order valence-corrected chi connectivity index (χ4v) is 4.44. The van der Waals surface area contributed by atoms with Crippen molar-refractivity contribution in [1.82, 2.24) is 14.8 Å². The summed E-state index contributed by atoms with van der Waals surface area (Å²) >= 11 is 1.41. The molecule has 0 bridgehead atoms. The van der Waals surface area contributed by atoms with Gasteiger partial charge in [0.15, 0.2) is 11.0 Å². The topological polar surface area (TPSA) is 78.3 Å². The Morgan fingerprint density at radius 3 is 2.70 bits per heavy atom. The Hall–Kier alpha value is -2.22. The monoisotopic (exact) mass is 432 g/mol. The number of nitrogens with zero attached hydrogens (tertiary/aromatic N) is 3. The molecule has 8 heteroatoms. The van der Waals surface area contributed by atoms with Gasteiger partial charge < -0.3 is 19.4 Å². The molecule has 1 aromatic heterocycles. The molecular formula is C22H32N4O3S. The third kappa shape index (κ3) is 6.39. The van der Waals surface area contributed by atoms with E-state index >= 15 is 0 Å². The molecule has 0 atom stereocenters. The van der Waals surface area contributed by atoms with Crippen LogP contribution in [0.3, 0.4) is 0 Å². The van der Waals surface area contributed by atoms with Crippen molar-refractivity contribution in [3.8, 4) is 5.75 Å². The average molecular weight is 433 g/mol. The van der Waals surface area contributed by atoms with Crippen LogP contribution in [0.25, 0.3) is 0 Å². The summed E-state index contributed by atoms with van der Waals surface area (Å²) in [4.78, 5) is 12.2. The second-order valence-electron chi connectivity index (χ2n) is 8.52. The average Bonchev–Trinajstić information content (AvgIpc) is 3.13. The fraction of sp³-hybridized carbons (Fsp3) is 0.591. The van der Waals surface area contributed by atoms with Crippen LogP contribution in [0.4, 0.5) is 5.69 Å². The first kappa shape index (κ1) is 22.5. The molecule has 3 rings (SSSR count). The molecule has 0 aliphatic heterocycles. The zero-order chi connectivity index (χ0) is 21.6. The molecule has 0 unspecified atom stereocenters. The van der Waals surface area contributed by atoms with E-state index in [1.165, 1.54) is 31.0 Å². The Bertz CT molecular complexity index is 841. The van der Waals surface area contributed by atoms with E-state index in [0.29, 0.717) is 12.6 Å². The van der Waals surface area contributed by atoms with Crippen molar-refractivity contribution in [2.45, 2.75) is 76.2 Å². The fourth-order valence-electron chi connectivity index (χ4n) is 3.64. The van der Waals surface area contributed by atoms with Crippen LogP contribution in [-0.2, 0) is 16.1 Å². The number of rotatable bonds is 8. The van der Waals surface area contributed by atoms with E-state index in [9.17, 15) is 4.79 Å². The Morgan fingerprint density at radius 1 is 1.23 bits per heavy atom. The van der Waals surface area contributed by atoms with Crippen molar-refractivity contribution >= 4 is 23.4 Å². The number of benzene rings is 1. The van der Waals surface area contributed by atoms with Gasteiger partial charge in [-0.1, -0.05) is 37.1 Å². The van der Waals surface area contributed by atoms with Crippen LogP contribution in [0.1, 0.15) is 64.7 Å². The predicted octanol–water partition coefficient (Wildman–Crippen LogP) is 4.84. The largest absolute Gasteiger partial charge is 0.497 e. The molecule has 1 heterocycles. The van der Waals surface area contributed by atoms with Gasteiger partial charge in [0.2, 0.25) is 0 Å².